The van der Waals surface area contributed by atoms with Gasteiger partial charge in [-0.1, -0.05) is 23.7 Å². The highest BCUT2D eigenvalue weighted by Gasteiger charge is 2.07. The Morgan fingerprint density at radius 2 is 1.88 bits per heavy atom. The minimum atomic E-state index is -0.258. The number of nitriles is 1. The molecule has 5 nitrogen and oxygen atoms in total. The molecule has 0 spiro atoms. The highest BCUT2D eigenvalue weighted by atomic mass is 35.5. The van der Waals surface area contributed by atoms with Gasteiger partial charge in [0.25, 0.3) is 5.91 Å². The Hall–Kier alpha value is -3.36. The van der Waals surface area contributed by atoms with Gasteiger partial charge in [0.2, 0.25) is 0 Å². The van der Waals surface area contributed by atoms with Crippen molar-refractivity contribution in [1.82, 2.24) is 4.98 Å². The molecule has 3 aromatic rings. The molecule has 25 heavy (non-hydrogen) atoms. The molecular formula is C19H13ClN4O. The van der Waals surface area contributed by atoms with Gasteiger partial charge in [0, 0.05) is 16.3 Å². The summed E-state index contributed by atoms with van der Waals surface area (Å²) in [6.07, 6.45) is 1.55. The summed E-state index contributed by atoms with van der Waals surface area (Å²) in [5.41, 5.74) is 2.38. The van der Waals surface area contributed by atoms with Crippen LogP contribution in [0.1, 0.15) is 15.9 Å². The molecule has 0 atom stereocenters. The molecule has 0 saturated carbocycles. The maximum Gasteiger partial charge on any atom is 0.255 e. The van der Waals surface area contributed by atoms with Gasteiger partial charge in [-0.15, -0.1) is 0 Å². The number of hydrogen-bond donors (Lipinski definition) is 2. The predicted octanol–water partition coefficient (Wildman–Crippen LogP) is 4.60. The van der Waals surface area contributed by atoms with E-state index < -0.39 is 0 Å². The van der Waals surface area contributed by atoms with Crippen molar-refractivity contribution in [2.45, 2.75) is 0 Å². The normalized spacial score (nSPS) is 9.92. The van der Waals surface area contributed by atoms with E-state index in [4.69, 9.17) is 16.9 Å². The first-order chi connectivity index (χ1) is 12.1. The quantitative estimate of drug-likeness (QED) is 0.722. The minimum absolute atomic E-state index is 0.258. The number of hydrogen-bond acceptors (Lipinski definition) is 4. The fraction of sp³-hybridized carbons (Fsp3) is 0. The van der Waals surface area contributed by atoms with Crippen molar-refractivity contribution in [1.29, 1.82) is 5.26 Å². The maximum absolute atomic E-state index is 12.2. The van der Waals surface area contributed by atoms with Gasteiger partial charge in [-0.3, -0.25) is 4.79 Å². The SMILES string of the molecule is N#Cc1cccc(Nc2ccc(NC(=O)c3cccc(Cl)c3)cn2)c1. The Bertz CT molecular complexity index is 948. The molecule has 3 rings (SSSR count). The van der Waals surface area contributed by atoms with Gasteiger partial charge < -0.3 is 10.6 Å². The molecule has 2 aromatic carbocycles. The second kappa shape index (κ2) is 7.47. The number of halogens is 1. The number of nitrogens with one attached hydrogen (secondary N) is 2. The second-order valence-corrected chi connectivity index (χ2v) is 5.65. The lowest BCUT2D eigenvalue weighted by Gasteiger charge is -2.08. The van der Waals surface area contributed by atoms with Crippen LogP contribution in [-0.2, 0) is 0 Å². The van der Waals surface area contributed by atoms with Gasteiger partial charge in [-0.05, 0) is 48.5 Å². The number of rotatable bonds is 4. The molecule has 6 heteroatoms. The summed E-state index contributed by atoms with van der Waals surface area (Å²) in [5.74, 6) is 0.350. The zero-order valence-corrected chi connectivity index (χ0v) is 13.8. The molecule has 1 amide bonds. The predicted molar refractivity (Wildman–Crippen MR) is 98.1 cm³/mol. The first-order valence-electron chi connectivity index (χ1n) is 7.44. The summed E-state index contributed by atoms with van der Waals surface area (Å²) in [4.78, 5) is 16.4. The van der Waals surface area contributed by atoms with Crippen molar-refractivity contribution in [3.63, 3.8) is 0 Å². The van der Waals surface area contributed by atoms with E-state index in [-0.39, 0.29) is 5.91 Å². The van der Waals surface area contributed by atoms with E-state index in [9.17, 15) is 4.79 Å². The van der Waals surface area contributed by atoms with Crippen LogP contribution in [0.4, 0.5) is 17.2 Å². The number of aromatic nitrogens is 1. The van der Waals surface area contributed by atoms with Crippen LogP contribution < -0.4 is 10.6 Å². The lowest BCUT2D eigenvalue weighted by atomic mass is 10.2. The van der Waals surface area contributed by atoms with Crippen molar-refractivity contribution in [2.75, 3.05) is 10.6 Å². The molecule has 0 bridgehead atoms. The molecule has 0 aliphatic carbocycles. The number of pyridine rings is 1. The van der Waals surface area contributed by atoms with Crippen molar-refractivity contribution < 1.29 is 4.79 Å². The molecule has 2 N–H and O–H groups in total. The minimum Gasteiger partial charge on any atom is -0.340 e. The Morgan fingerprint density at radius 3 is 2.60 bits per heavy atom. The van der Waals surface area contributed by atoms with Crippen LogP contribution in [0, 0.1) is 11.3 Å². The average molecular weight is 349 g/mol. The third-order valence-corrected chi connectivity index (χ3v) is 3.61. The average Bonchev–Trinajstić information content (AvgIpc) is 2.63. The van der Waals surface area contributed by atoms with Crippen LogP contribution in [0.3, 0.4) is 0 Å². The van der Waals surface area contributed by atoms with E-state index in [2.05, 4.69) is 21.7 Å². The van der Waals surface area contributed by atoms with Gasteiger partial charge in [0.15, 0.2) is 0 Å². The van der Waals surface area contributed by atoms with Gasteiger partial charge in [0.05, 0.1) is 23.5 Å². The van der Waals surface area contributed by atoms with E-state index in [0.29, 0.717) is 27.7 Å². The molecule has 122 valence electrons. The summed E-state index contributed by atoms with van der Waals surface area (Å²) >= 11 is 5.89. The van der Waals surface area contributed by atoms with Crippen LogP contribution in [0.5, 0.6) is 0 Å². The van der Waals surface area contributed by atoms with E-state index in [1.165, 1.54) is 0 Å². The fourth-order valence-corrected chi connectivity index (χ4v) is 2.38. The molecule has 0 fully saturated rings. The third-order valence-electron chi connectivity index (χ3n) is 3.37. The van der Waals surface area contributed by atoms with Crippen molar-refractivity contribution in [2.24, 2.45) is 0 Å². The molecule has 0 radical (unpaired) electrons. The first kappa shape index (κ1) is 16.5. The molecule has 0 unspecified atom stereocenters. The molecule has 0 saturated heterocycles. The van der Waals surface area contributed by atoms with Gasteiger partial charge in [-0.25, -0.2) is 4.98 Å². The third kappa shape index (κ3) is 4.34. The zero-order chi connectivity index (χ0) is 17.6. The van der Waals surface area contributed by atoms with Crippen molar-refractivity contribution in [3.8, 4) is 6.07 Å². The van der Waals surface area contributed by atoms with Crippen molar-refractivity contribution >= 4 is 34.7 Å². The first-order valence-corrected chi connectivity index (χ1v) is 7.82. The van der Waals surface area contributed by atoms with Crippen LogP contribution in [0.2, 0.25) is 5.02 Å². The largest absolute Gasteiger partial charge is 0.340 e. The summed E-state index contributed by atoms with van der Waals surface area (Å²) in [6.45, 7) is 0. The van der Waals surface area contributed by atoms with E-state index in [0.717, 1.165) is 5.69 Å². The smallest absolute Gasteiger partial charge is 0.255 e. The summed E-state index contributed by atoms with van der Waals surface area (Å²) in [6, 6.07) is 19.4. The second-order valence-electron chi connectivity index (χ2n) is 5.21. The zero-order valence-electron chi connectivity index (χ0n) is 13.0. The van der Waals surface area contributed by atoms with Gasteiger partial charge in [0.1, 0.15) is 5.82 Å². The van der Waals surface area contributed by atoms with Gasteiger partial charge in [-0.2, -0.15) is 5.26 Å². The number of nitrogens with zero attached hydrogens (tertiary/aromatic N) is 2. The highest BCUT2D eigenvalue weighted by molar-refractivity contribution is 6.31. The number of anilines is 3. The standard InChI is InChI=1S/C19H13ClN4O/c20-15-5-2-4-14(10-15)19(25)24-17-7-8-18(22-12-17)23-16-6-1-3-13(9-16)11-21/h1-10,12H,(H,22,23)(H,24,25). The van der Waals surface area contributed by atoms with Crippen molar-refractivity contribution in [3.05, 3.63) is 83.0 Å². The van der Waals surface area contributed by atoms with Crippen LogP contribution in [0.15, 0.2) is 66.9 Å². The Kier molecular flexibility index (Phi) is 4.93. The molecule has 1 aromatic heterocycles. The number of amides is 1. The topological polar surface area (TPSA) is 77.8 Å². The van der Waals surface area contributed by atoms with Crippen LogP contribution in [-0.4, -0.2) is 10.9 Å². The number of carbonyl (C=O) groups is 1. The molecular weight excluding hydrogens is 336 g/mol. The van der Waals surface area contributed by atoms with Crippen LogP contribution >= 0.6 is 11.6 Å². The Balaban J connectivity index is 1.68. The summed E-state index contributed by atoms with van der Waals surface area (Å²) in [5, 5.41) is 15.3. The van der Waals surface area contributed by atoms with Gasteiger partial charge >= 0.3 is 0 Å². The maximum atomic E-state index is 12.2. The van der Waals surface area contributed by atoms with E-state index in [1.807, 2.05) is 6.07 Å². The molecule has 1 heterocycles. The fourth-order valence-electron chi connectivity index (χ4n) is 2.19. The number of carbonyl (C=O) groups excluding carboxylic acids is 1. The van der Waals surface area contributed by atoms with E-state index >= 15 is 0 Å². The lowest BCUT2D eigenvalue weighted by Crippen LogP contribution is -2.12. The summed E-state index contributed by atoms with van der Waals surface area (Å²) < 4.78 is 0. The monoisotopic (exact) mass is 348 g/mol. The van der Waals surface area contributed by atoms with Crippen LogP contribution in [0.25, 0.3) is 0 Å². The molecule has 0 aliphatic heterocycles. The lowest BCUT2D eigenvalue weighted by molar-refractivity contribution is 0.102. The van der Waals surface area contributed by atoms with E-state index in [1.54, 1.807) is 60.8 Å². The number of benzene rings is 2. The Labute approximate surface area is 149 Å². The molecule has 0 aliphatic rings. The summed E-state index contributed by atoms with van der Waals surface area (Å²) in [7, 11) is 0. The highest BCUT2D eigenvalue weighted by Crippen LogP contribution is 2.18. The Morgan fingerprint density at radius 1 is 1.04 bits per heavy atom.